The SMILES string of the molecule is CCCC(=O)N1CCC2(C1)N[C@H](C(=O)OC)CS2. The summed E-state index contributed by atoms with van der Waals surface area (Å²) < 4.78 is 4.75. The molecule has 2 aliphatic heterocycles. The van der Waals surface area contributed by atoms with E-state index in [0.29, 0.717) is 13.0 Å². The van der Waals surface area contributed by atoms with Gasteiger partial charge in [-0.2, -0.15) is 0 Å². The lowest BCUT2D eigenvalue weighted by Gasteiger charge is -2.24. The Bertz CT molecular complexity index is 350. The van der Waals surface area contributed by atoms with Crippen molar-refractivity contribution >= 4 is 23.6 Å². The van der Waals surface area contributed by atoms with E-state index in [-0.39, 0.29) is 22.8 Å². The van der Waals surface area contributed by atoms with Crippen LogP contribution in [0, 0.1) is 0 Å². The molecule has 0 aromatic heterocycles. The first kappa shape index (κ1) is 13.7. The molecular weight excluding hydrogens is 252 g/mol. The predicted octanol–water partition coefficient (Wildman–Crippen LogP) is 0.593. The molecule has 2 saturated heterocycles. The van der Waals surface area contributed by atoms with E-state index in [1.54, 1.807) is 11.8 Å². The van der Waals surface area contributed by atoms with Gasteiger partial charge in [0, 0.05) is 25.3 Å². The number of amides is 1. The molecule has 2 atom stereocenters. The standard InChI is InChI=1S/C12H20N2O3S/c1-3-4-10(15)14-6-5-12(8-14)13-9(7-18-12)11(16)17-2/h9,13H,3-8H2,1-2H3/t9-,12?/m0/s1. The second-order valence-electron chi connectivity index (χ2n) is 4.84. The fraction of sp³-hybridized carbons (Fsp3) is 0.833. The summed E-state index contributed by atoms with van der Waals surface area (Å²) in [6.45, 7) is 3.50. The van der Waals surface area contributed by atoms with Gasteiger partial charge >= 0.3 is 5.97 Å². The van der Waals surface area contributed by atoms with Crippen molar-refractivity contribution in [3.63, 3.8) is 0 Å². The Morgan fingerprint density at radius 2 is 2.33 bits per heavy atom. The Morgan fingerprint density at radius 1 is 1.56 bits per heavy atom. The summed E-state index contributed by atoms with van der Waals surface area (Å²) in [6, 6.07) is -0.235. The molecule has 18 heavy (non-hydrogen) atoms. The zero-order valence-electron chi connectivity index (χ0n) is 10.9. The highest BCUT2D eigenvalue weighted by atomic mass is 32.2. The maximum Gasteiger partial charge on any atom is 0.323 e. The van der Waals surface area contributed by atoms with Crippen LogP contribution in [0.15, 0.2) is 0 Å². The van der Waals surface area contributed by atoms with Crippen molar-refractivity contribution in [2.24, 2.45) is 0 Å². The van der Waals surface area contributed by atoms with Crippen LogP contribution in [0.25, 0.3) is 0 Å². The number of esters is 1. The molecule has 2 rings (SSSR count). The largest absolute Gasteiger partial charge is 0.468 e. The van der Waals surface area contributed by atoms with Gasteiger partial charge in [-0.05, 0) is 12.8 Å². The summed E-state index contributed by atoms with van der Waals surface area (Å²) in [6.07, 6.45) is 2.40. The molecule has 0 aliphatic carbocycles. The molecule has 1 unspecified atom stereocenters. The van der Waals surface area contributed by atoms with E-state index < -0.39 is 0 Å². The Hall–Kier alpha value is -0.750. The molecule has 2 fully saturated rings. The fourth-order valence-corrected chi connectivity index (χ4v) is 3.93. The summed E-state index contributed by atoms with van der Waals surface area (Å²) in [5.74, 6) is 0.735. The molecule has 6 heteroatoms. The van der Waals surface area contributed by atoms with Crippen LogP contribution in [0.1, 0.15) is 26.2 Å². The monoisotopic (exact) mass is 272 g/mol. The Kier molecular flexibility index (Phi) is 4.17. The number of thioether (sulfide) groups is 1. The van der Waals surface area contributed by atoms with E-state index in [1.165, 1.54) is 7.11 Å². The Labute approximate surface area is 112 Å². The third-order valence-electron chi connectivity index (χ3n) is 3.50. The van der Waals surface area contributed by atoms with E-state index in [9.17, 15) is 9.59 Å². The van der Waals surface area contributed by atoms with Crippen LogP contribution in [0.3, 0.4) is 0 Å². The van der Waals surface area contributed by atoms with Gasteiger partial charge in [-0.1, -0.05) is 6.92 Å². The predicted molar refractivity (Wildman–Crippen MR) is 70.2 cm³/mol. The molecule has 1 amide bonds. The van der Waals surface area contributed by atoms with Gasteiger partial charge in [0.2, 0.25) is 5.91 Å². The van der Waals surface area contributed by atoms with E-state index in [1.807, 2.05) is 11.8 Å². The van der Waals surface area contributed by atoms with Gasteiger partial charge in [-0.15, -0.1) is 11.8 Å². The molecule has 0 bridgehead atoms. The fourth-order valence-electron chi connectivity index (χ4n) is 2.52. The highest BCUT2D eigenvalue weighted by Crippen LogP contribution is 2.38. The van der Waals surface area contributed by atoms with Gasteiger partial charge in [0.1, 0.15) is 6.04 Å². The summed E-state index contributed by atoms with van der Waals surface area (Å²) in [7, 11) is 1.41. The van der Waals surface area contributed by atoms with Crippen molar-refractivity contribution in [1.29, 1.82) is 0 Å². The van der Waals surface area contributed by atoms with Crippen molar-refractivity contribution in [2.45, 2.75) is 37.1 Å². The van der Waals surface area contributed by atoms with Crippen molar-refractivity contribution < 1.29 is 14.3 Å². The molecule has 1 spiro atoms. The van der Waals surface area contributed by atoms with Gasteiger partial charge in [-0.25, -0.2) is 0 Å². The zero-order chi connectivity index (χ0) is 13.2. The van der Waals surface area contributed by atoms with Crippen LogP contribution < -0.4 is 5.32 Å². The third-order valence-corrected chi connectivity index (χ3v) is 5.00. The van der Waals surface area contributed by atoms with Gasteiger partial charge < -0.3 is 9.64 Å². The highest BCUT2D eigenvalue weighted by molar-refractivity contribution is 8.01. The maximum atomic E-state index is 11.9. The normalized spacial score (nSPS) is 31.0. The molecule has 2 aliphatic rings. The molecule has 5 nitrogen and oxygen atoms in total. The van der Waals surface area contributed by atoms with Crippen LogP contribution in [0.2, 0.25) is 0 Å². The number of carbonyl (C=O) groups is 2. The van der Waals surface area contributed by atoms with Crippen molar-refractivity contribution in [3.8, 4) is 0 Å². The maximum absolute atomic E-state index is 11.9. The highest BCUT2D eigenvalue weighted by Gasteiger charge is 2.47. The van der Waals surface area contributed by atoms with Crippen LogP contribution in [0.4, 0.5) is 0 Å². The number of rotatable bonds is 3. The zero-order valence-corrected chi connectivity index (χ0v) is 11.7. The number of methoxy groups -OCH3 is 1. The first-order valence-corrected chi connectivity index (χ1v) is 7.36. The summed E-state index contributed by atoms with van der Waals surface area (Å²) in [5.41, 5.74) is 0. The molecule has 0 aromatic rings. The number of carbonyl (C=O) groups excluding carboxylic acids is 2. The average Bonchev–Trinajstić information content (AvgIpc) is 2.97. The lowest BCUT2D eigenvalue weighted by molar-refractivity contribution is -0.142. The molecule has 0 aromatic carbocycles. The topological polar surface area (TPSA) is 58.6 Å². The third kappa shape index (κ3) is 2.64. The van der Waals surface area contributed by atoms with Crippen LogP contribution in [-0.4, -0.2) is 53.6 Å². The van der Waals surface area contributed by atoms with Crippen molar-refractivity contribution in [1.82, 2.24) is 10.2 Å². The lowest BCUT2D eigenvalue weighted by Crippen LogP contribution is -2.47. The van der Waals surface area contributed by atoms with E-state index >= 15 is 0 Å². The number of hydrogen-bond acceptors (Lipinski definition) is 5. The number of nitrogens with zero attached hydrogens (tertiary/aromatic N) is 1. The second kappa shape index (κ2) is 5.48. The number of nitrogens with one attached hydrogen (secondary N) is 1. The van der Waals surface area contributed by atoms with Crippen LogP contribution in [-0.2, 0) is 14.3 Å². The summed E-state index contributed by atoms with van der Waals surface area (Å²) in [4.78, 5) is 25.1. The molecule has 0 saturated carbocycles. The lowest BCUT2D eigenvalue weighted by atomic mass is 10.2. The minimum absolute atomic E-state index is 0.137. The minimum Gasteiger partial charge on any atom is -0.468 e. The Balaban J connectivity index is 1.92. The summed E-state index contributed by atoms with van der Waals surface area (Å²) >= 11 is 1.74. The number of ether oxygens (including phenoxy) is 1. The van der Waals surface area contributed by atoms with Gasteiger partial charge in [-0.3, -0.25) is 14.9 Å². The molecule has 0 radical (unpaired) electrons. The van der Waals surface area contributed by atoms with Gasteiger partial charge in [0.25, 0.3) is 0 Å². The molecule has 102 valence electrons. The number of hydrogen-bond donors (Lipinski definition) is 1. The first-order valence-electron chi connectivity index (χ1n) is 6.37. The smallest absolute Gasteiger partial charge is 0.323 e. The Morgan fingerprint density at radius 3 is 3.00 bits per heavy atom. The van der Waals surface area contributed by atoms with Crippen molar-refractivity contribution in [3.05, 3.63) is 0 Å². The summed E-state index contributed by atoms with van der Waals surface area (Å²) in [5, 5.41) is 3.34. The quantitative estimate of drug-likeness (QED) is 0.762. The van der Waals surface area contributed by atoms with Crippen LogP contribution in [0.5, 0.6) is 0 Å². The molecule has 2 heterocycles. The minimum atomic E-state index is -0.235. The van der Waals surface area contributed by atoms with E-state index in [0.717, 1.165) is 25.1 Å². The van der Waals surface area contributed by atoms with Gasteiger partial charge in [0.15, 0.2) is 0 Å². The first-order chi connectivity index (χ1) is 8.60. The second-order valence-corrected chi connectivity index (χ2v) is 6.24. The molecular formula is C12H20N2O3S. The van der Waals surface area contributed by atoms with Crippen molar-refractivity contribution in [2.75, 3.05) is 26.0 Å². The van der Waals surface area contributed by atoms with E-state index in [2.05, 4.69) is 5.32 Å². The van der Waals surface area contributed by atoms with Crippen LogP contribution >= 0.6 is 11.8 Å². The number of likely N-dealkylation sites (tertiary alicyclic amines) is 1. The van der Waals surface area contributed by atoms with Gasteiger partial charge in [0.05, 0.1) is 12.0 Å². The average molecular weight is 272 g/mol. The molecule has 1 N–H and O–H groups in total. The van der Waals surface area contributed by atoms with E-state index in [4.69, 9.17) is 4.74 Å².